The van der Waals surface area contributed by atoms with Gasteiger partial charge >= 0.3 is 6.21 Å². The second-order valence-electron chi connectivity index (χ2n) is 7.35. The van der Waals surface area contributed by atoms with Crippen LogP contribution < -0.4 is 0 Å². The SMILES string of the molecule is CC(C)C[C@@H](N=[N+]=[N-])[C@@H](O[Si](C)(C)C(C)(C)C)C(=O)C=[N+]=[N-]. The molecule has 22 heavy (non-hydrogen) atoms. The summed E-state index contributed by atoms with van der Waals surface area (Å²) in [6.07, 6.45) is 0.418. The van der Waals surface area contributed by atoms with Crippen molar-refractivity contribution in [1.82, 2.24) is 0 Å². The largest absolute Gasteiger partial charge is 0.406 e. The monoisotopic (exact) mass is 325 g/mol. The second kappa shape index (κ2) is 8.24. The Kier molecular flexibility index (Phi) is 7.70. The molecular weight excluding hydrogens is 298 g/mol. The van der Waals surface area contributed by atoms with E-state index in [4.69, 9.17) is 15.5 Å². The maximum atomic E-state index is 12.3. The molecule has 0 heterocycles. The summed E-state index contributed by atoms with van der Waals surface area (Å²) < 4.78 is 6.15. The number of carbonyl (C=O) groups excluding carboxylic acids is 1. The van der Waals surface area contributed by atoms with E-state index in [1.807, 2.05) is 26.9 Å². The van der Waals surface area contributed by atoms with Crippen LogP contribution in [0.3, 0.4) is 0 Å². The number of Topliss-reactive ketones (excluding diaryl/α,β-unsaturated/α-hetero) is 1. The Bertz CT molecular complexity index is 486. The molecule has 0 aromatic heterocycles. The fourth-order valence-corrected chi connectivity index (χ4v) is 2.99. The van der Waals surface area contributed by atoms with E-state index in [1.165, 1.54) is 0 Å². The van der Waals surface area contributed by atoms with Gasteiger partial charge < -0.3 is 9.96 Å². The lowest BCUT2D eigenvalue weighted by Crippen LogP contribution is -2.50. The molecule has 0 aliphatic heterocycles. The summed E-state index contributed by atoms with van der Waals surface area (Å²) in [5.74, 6) is -0.245. The standard InChI is InChI=1S/C14H27N5O2Si/c1-10(2)8-11(18-19-16)13(12(20)9-17-15)21-22(6,7)14(3,4)5/h9-11,13H,8H2,1-7H3/t11-,13-/m1/s1. The van der Waals surface area contributed by atoms with Gasteiger partial charge in [-0.25, -0.2) is 0 Å². The first-order chi connectivity index (χ1) is 9.96. The minimum Gasteiger partial charge on any atom is -0.406 e. The molecule has 0 bridgehead atoms. The van der Waals surface area contributed by atoms with E-state index in [-0.39, 0.29) is 11.0 Å². The molecule has 0 aliphatic rings. The third-order valence-corrected chi connectivity index (χ3v) is 8.41. The van der Waals surface area contributed by atoms with E-state index in [0.717, 1.165) is 6.21 Å². The van der Waals surface area contributed by atoms with E-state index in [2.05, 4.69) is 35.6 Å². The smallest absolute Gasteiger partial charge is 0.325 e. The number of hydrogen-bond acceptors (Lipinski definition) is 3. The maximum absolute atomic E-state index is 12.3. The van der Waals surface area contributed by atoms with Crippen molar-refractivity contribution in [3.63, 3.8) is 0 Å². The minimum absolute atomic E-state index is 0.0966. The maximum Gasteiger partial charge on any atom is 0.325 e. The minimum atomic E-state index is -2.25. The van der Waals surface area contributed by atoms with Crippen molar-refractivity contribution in [1.29, 1.82) is 0 Å². The highest BCUT2D eigenvalue weighted by molar-refractivity contribution is 6.74. The highest BCUT2D eigenvalue weighted by Crippen LogP contribution is 2.38. The molecule has 0 radical (unpaired) electrons. The van der Waals surface area contributed by atoms with Crippen molar-refractivity contribution in [3.05, 3.63) is 16.0 Å². The normalized spacial score (nSPS) is 14.7. The zero-order chi connectivity index (χ0) is 17.6. The van der Waals surface area contributed by atoms with Gasteiger partial charge in [0, 0.05) is 4.91 Å². The molecule has 124 valence electrons. The van der Waals surface area contributed by atoms with Gasteiger partial charge in [-0.15, -0.1) is 0 Å². The first-order valence-corrected chi connectivity index (χ1v) is 10.3. The van der Waals surface area contributed by atoms with Crippen LogP contribution in [0.25, 0.3) is 16.0 Å². The molecule has 0 fully saturated rings. The molecule has 0 unspecified atom stereocenters. The van der Waals surface area contributed by atoms with Crippen molar-refractivity contribution < 1.29 is 14.0 Å². The van der Waals surface area contributed by atoms with Crippen LogP contribution in [0.15, 0.2) is 5.11 Å². The summed E-state index contributed by atoms with van der Waals surface area (Å²) in [6, 6.07) is -0.621. The highest BCUT2D eigenvalue weighted by atomic mass is 28.4. The van der Waals surface area contributed by atoms with Gasteiger partial charge in [-0.1, -0.05) is 39.7 Å². The zero-order valence-corrected chi connectivity index (χ0v) is 15.6. The van der Waals surface area contributed by atoms with Crippen LogP contribution in [-0.2, 0) is 9.22 Å². The Morgan fingerprint density at radius 2 is 1.86 bits per heavy atom. The predicted molar refractivity (Wildman–Crippen MR) is 89.1 cm³/mol. The lowest BCUT2D eigenvalue weighted by Gasteiger charge is -2.39. The summed E-state index contributed by atoms with van der Waals surface area (Å²) in [5, 5.41) is 3.65. The molecule has 0 amide bonds. The zero-order valence-electron chi connectivity index (χ0n) is 14.6. The lowest BCUT2D eigenvalue weighted by atomic mass is 9.98. The second-order valence-corrected chi connectivity index (χ2v) is 12.1. The average Bonchev–Trinajstić information content (AvgIpc) is 2.33. The van der Waals surface area contributed by atoms with Crippen LogP contribution in [0, 0.1) is 5.92 Å². The Balaban J connectivity index is 5.66. The molecule has 0 saturated heterocycles. The fraction of sp³-hybridized carbons (Fsp3) is 0.857. The van der Waals surface area contributed by atoms with Gasteiger partial charge in [-0.05, 0) is 36.0 Å². The quantitative estimate of drug-likeness (QED) is 0.221. The number of hydrogen-bond donors (Lipinski definition) is 0. The van der Waals surface area contributed by atoms with Crippen LogP contribution >= 0.6 is 0 Å². The average molecular weight is 325 g/mol. The summed E-state index contributed by atoms with van der Waals surface area (Å²) in [6.45, 7) is 14.2. The molecule has 0 aromatic rings. The van der Waals surface area contributed by atoms with E-state index in [1.54, 1.807) is 0 Å². The van der Waals surface area contributed by atoms with Crippen LogP contribution in [0.4, 0.5) is 0 Å². The Labute approximate surface area is 133 Å². The van der Waals surface area contributed by atoms with Crippen molar-refractivity contribution in [2.24, 2.45) is 11.0 Å². The van der Waals surface area contributed by atoms with E-state index < -0.39 is 26.2 Å². The molecular formula is C14H27N5O2Si. The highest BCUT2D eigenvalue weighted by Gasteiger charge is 2.43. The summed E-state index contributed by atoms with van der Waals surface area (Å²) >= 11 is 0. The molecule has 7 nitrogen and oxygen atoms in total. The summed E-state index contributed by atoms with van der Waals surface area (Å²) in [4.78, 5) is 17.9. The topological polar surface area (TPSA) is 111 Å². The number of ketones is 1. The predicted octanol–water partition coefficient (Wildman–Crippen LogP) is 3.97. The van der Waals surface area contributed by atoms with E-state index in [9.17, 15) is 4.79 Å². The third kappa shape index (κ3) is 6.11. The van der Waals surface area contributed by atoms with Crippen LogP contribution in [-0.4, -0.2) is 37.3 Å². The number of carbonyl (C=O) groups is 1. The van der Waals surface area contributed by atoms with Gasteiger partial charge in [-0.2, -0.15) is 4.79 Å². The summed E-state index contributed by atoms with van der Waals surface area (Å²) in [5.41, 5.74) is 17.4. The van der Waals surface area contributed by atoms with E-state index >= 15 is 0 Å². The molecule has 0 rings (SSSR count). The molecule has 0 spiro atoms. The lowest BCUT2D eigenvalue weighted by molar-refractivity contribution is -0.123. The van der Waals surface area contributed by atoms with Gasteiger partial charge in [0.2, 0.25) is 0 Å². The Hall–Kier alpha value is -1.46. The van der Waals surface area contributed by atoms with E-state index in [0.29, 0.717) is 6.42 Å². The number of rotatable bonds is 8. The van der Waals surface area contributed by atoms with Crippen molar-refractivity contribution in [2.75, 3.05) is 0 Å². The van der Waals surface area contributed by atoms with Crippen LogP contribution in [0.1, 0.15) is 41.0 Å². The van der Waals surface area contributed by atoms with Gasteiger partial charge in [0.05, 0.1) is 6.04 Å². The van der Waals surface area contributed by atoms with Crippen molar-refractivity contribution in [2.45, 2.75) is 71.3 Å². The fourth-order valence-electron chi connectivity index (χ4n) is 1.73. The Morgan fingerprint density at radius 3 is 2.23 bits per heavy atom. The molecule has 8 heteroatoms. The molecule has 2 atom stereocenters. The summed E-state index contributed by atoms with van der Waals surface area (Å²) in [7, 11) is -2.25. The molecule has 0 aromatic carbocycles. The number of nitrogens with zero attached hydrogens (tertiary/aromatic N) is 5. The molecule has 0 N–H and O–H groups in total. The van der Waals surface area contributed by atoms with Crippen molar-refractivity contribution in [3.8, 4) is 0 Å². The van der Waals surface area contributed by atoms with Gasteiger partial charge in [-0.3, -0.25) is 4.79 Å². The van der Waals surface area contributed by atoms with Crippen molar-refractivity contribution >= 4 is 20.3 Å². The van der Waals surface area contributed by atoms with Gasteiger partial charge in [0.1, 0.15) is 6.10 Å². The molecule has 0 aliphatic carbocycles. The number of azide groups is 1. The first kappa shape index (κ1) is 20.5. The first-order valence-electron chi connectivity index (χ1n) is 7.39. The Morgan fingerprint density at radius 1 is 1.32 bits per heavy atom. The molecule has 0 saturated carbocycles. The van der Waals surface area contributed by atoms with Gasteiger partial charge in [0.15, 0.2) is 8.32 Å². The van der Waals surface area contributed by atoms with Crippen LogP contribution in [0.2, 0.25) is 18.1 Å². The van der Waals surface area contributed by atoms with Gasteiger partial charge in [0.25, 0.3) is 5.78 Å². The third-order valence-electron chi connectivity index (χ3n) is 3.96. The van der Waals surface area contributed by atoms with Crippen LogP contribution in [0.5, 0.6) is 0 Å².